The Balaban J connectivity index is 0.00000420. The van der Waals surface area contributed by atoms with Crippen molar-refractivity contribution in [1.82, 2.24) is 10.2 Å². The molecule has 2 aliphatic rings. The van der Waals surface area contributed by atoms with Crippen LogP contribution in [-0.2, 0) is 28.7 Å². The summed E-state index contributed by atoms with van der Waals surface area (Å²) >= 11 is 1.12. The summed E-state index contributed by atoms with van der Waals surface area (Å²) in [5, 5.41) is 22.2. The van der Waals surface area contributed by atoms with Crippen molar-refractivity contribution in [3.63, 3.8) is 0 Å². The van der Waals surface area contributed by atoms with Gasteiger partial charge in [-0.25, -0.2) is 0 Å². The summed E-state index contributed by atoms with van der Waals surface area (Å²) in [7, 11) is 0. The predicted octanol–water partition coefficient (Wildman–Crippen LogP) is -5.59. The normalized spacial score (nSPS) is 28.4. The molecule has 2 aliphatic heterocycles. The second-order valence-electron chi connectivity index (χ2n) is 6.95. The van der Waals surface area contributed by atoms with Crippen molar-refractivity contribution in [3.05, 3.63) is 0 Å². The van der Waals surface area contributed by atoms with Gasteiger partial charge >= 0.3 is 63.3 Å². The number of β-lactam (4-membered cyclic amide) rings is 1. The first kappa shape index (κ1) is 26.3. The van der Waals surface area contributed by atoms with Crippen molar-refractivity contribution in [1.29, 1.82) is 0 Å². The van der Waals surface area contributed by atoms with Crippen LogP contribution in [0.1, 0.15) is 33.1 Å². The zero-order valence-corrected chi connectivity index (χ0v) is 20.3. The molecule has 2 unspecified atom stereocenters. The van der Waals surface area contributed by atoms with Gasteiger partial charge in [-0.1, -0.05) is 0 Å². The van der Waals surface area contributed by atoms with Crippen LogP contribution in [0, 0.1) is 0 Å². The van der Waals surface area contributed by atoms with E-state index in [1.165, 1.54) is 6.92 Å². The largest absolute Gasteiger partial charge is 1.00 e. The number of esters is 1. The summed E-state index contributed by atoms with van der Waals surface area (Å²) in [6.07, 6.45) is 0.323. The monoisotopic (exact) mass is 455 g/mol. The zero-order chi connectivity index (χ0) is 21.2. The number of hydrogen-bond donors (Lipinski definition) is 3. The van der Waals surface area contributed by atoms with E-state index in [2.05, 4.69) is 5.32 Å². The van der Waals surface area contributed by atoms with Crippen molar-refractivity contribution in [2.24, 2.45) is 5.73 Å². The van der Waals surface area contributed by atoms with Gasteiger partial charge in [0.15, 0.2) is 0 Å². The summed E-state index contributed by atoms with van der Waals surface area (Å²) in [6, 6.07) is -3.27. The molecule has 4 N–H and O–H groups in total. The number of carbonyl (C=O) groups is 5. The first-order valence-electron chi connectivity index (χ1n) is 8.60. The molecule has 2 amide bonds. The number of carboxylic acids is 2. The summed E-state index contributed by atoms with van der Waals surface area (Å²) in [5.74, 6) is -4.23. The molecule has 156 valence electrons. The molecular formula is C16H22KN3O8S. The van der Waals surface area contributed by atoms with E-state index in [0.29, 0.717) is 0 Å². The Hall–Kier alpha value is -0.704. The zero-order valence-electron chi connectivity index (χ0n) is 16.4. The van der Waals surface area contributed by atoms with E-state index in [1.807, 2.05) is 0 Å². The van der Waals surface area contributed by atoms with Gasteiger partial charge in [0.25, 0.3) is 0 Å². The third kappa shape index (κ3) is 5.92. The second kappa shape index (κ2) is 10.6. The number of carbonyl (C=O) groups excluding carboxylic acids is 4. The van der Waals surface area contributed by atoms with E-state index in [9.17, 15) is 29.1 Å². The fraction of sp³-hybridized carbons (Fsp3) is 0.688. The fourth-order valence-electron chi connectivity index (χ4n) is 3.23. The Morgan fingerprint density at radius 2 is 2.03 bits per heavy atom. The summed E-state index contributed by atoms with van der Waals surface area (Å²) < 4.78 is 3.83. The number of nitrogens with two attached hydrogens (primary N) is 1. The summed E-state index contributed by atoms with van der Waals surface area (Å²) in [4.78, 5) is 58.9. The summed E-state index contributed by atoms with van der Waals surface area (Å²) in [5.41, 5.74) is 5.36. The number of thioether (sulfide) groups is 1. The van der Waals surface area contributed by atoms with Crippen molar-refractivity contribution >= 4 is 41.5 Å². The quantitative estimate of drug-likeness (QED) is 0.172. The third-order valence-corrected chi connectivity index (χ3v) is 6.28. The minimum absolute atomic E-state index is 0. The van der Waals surface area contributed by atoms with Gasteiger partial charge in [0.1, 0.15) is 24.1 Å². The van der Waals surface area contributed by atoms with Crippen molar-refractivity contribution < 1.29 is 90.3 Å². The van der Waals surface area contributed by atoms with Crippen LogP contribution >= 0.6 is 11.8 Å². The van der Waals surface area contributed by atoms with E-state index in [0.717, 1.165) is 16.7 Å². The van der Waals surface area contributed by atoms with E-state index >= 15 is 0 Å². The molecule has 0 aromatic rings. The Kier molecular flexibility index (Phi) is 9.58. The number of carboxylic acid groups (broad SMARTS) is 2. The maximum absolute atomic E-state index is 12.4. The van der Waals surface area contributed by atoms with E-state index in [-0.39, 0.29) is 77.3 Å². The smallest absolute Gasteiger partial charge is 0.548 e. The molecule has 5 atom stereocenters. The van der Waals surface area contributed by atoms with Crippen LogP contribution in [0.15, 0.2) is 0 Å². The van der Waals surface area contributed by atoms with Crippen LogP contribution in [0.4, 0.5) is 0 Å². The number of ether oxygens (including phenoxy) is 1. The molecule has 0 aromatic carbocycles. The molecule has 0 saturated carbocycles. The molecule has 13 heteroatoms. The molecule has 0 radical (unpaired) electrons. The Bertz CT molecular complexity index is 708. The molecule has 2 fully saturated rings. The van der Waals surface area contributed by atoms with Gasteiger partial charge in [-0.2, -0.15) is 0 Å². The number of nitrogens with one attached hydrogen (secondary N) is 1. The Morgan fingerprint density at radius 3 is 2.55 bits per heavy atom. The average Bonchev–Trinajstić information content (AvgIpc) is 2.88. The molecule has 0 spiro atoms. The van der Waals surface area contributed by atoms with Crippen LogP contribution < -0.4 is 67.5 Å². The Morgan fingerprint density at radius 1 is 1.41 bits per heavy atom. The van der Waals surface area contributed by atoms with E-state index < -0.39 is 58.0 Å². The van der Waals surface area contributed by atoms with Crippen LogP contribution in [0.2, 0.25) is 0 Å². The molecule has 2 saturated heterocycles. The van der Waals surface area contributed by atoms with Gasteiger partial charge in [-0.05, 0) is 19.8 Å². The first-order chi connectivity index (χ1) is 13.0. The number of nitrogens with zero attached hydrogens (tertiary/aromatic N) is 1. The van der Waals surface area contributed by atoms with Crippen LogP contribution in [-0.4, -0.2) is 74.6 Å². The number of hydrogen-bond acceptors (Lipinski definition) is 9. The van der Waals surface area contributed by atoms with Gasteiger partial charge in [0.05, 0.1) is 16.8 Å². The van der Waals surface area contributed by atoms with Gasteiger partial charge in [-0.3, -0.25) is 19.2 Å². The van der Waals surface area contributed by atoms with Crippen molar-refractivity contribution in [2.75, 3.05) is 6.61 Å². The van der Waals surface area contributed by atoms with E-state index in [1.54, 1.807) is 6.92 Å². The topological polar surface area (TPSA) is 179 Å². The van der Waals surface area contributed by atoms with Gasteiger partial charge in [0, 0.05) is 13.3 Å². The van der Waals surface area contributed by atoms with Gasteiger partial charge in [0.2, 0.25) is 11.8 Å². The van der Waals surface area contributed by atoms with Gasteiger partial charge < -0.3 is 35.7 Å². The SMILES string of the molecule is CC(=O)OC[C@]1(C)S[C@H]2[C@H](NC(=O)CCCC(N)C(=O)O)C(=O)N2C1C(=O)[O-].[K+]. The maximum atomic E-state index is 12.4. The summed E-state index contributed by atoms with van der Waals surface area (Å²) in [6.45, 7) is 2.52. The molecule has 11 nitrogen and oxygen atoms in total. The van der Waals surface area contributed by atoms with Crippen LogP contribution in [0.25, 0.3) is 0 Å². The standard InChI is InChI=1S/C16H23N3O8S.K/c1-7(20)27-6-16(2)11(15(25)26)19-12(22)10(13(19)28-16)18-9(21)5-3-4-8(17)14(23)24;/h8,10-11,13H,3-6,17H2,1-2H3,(H,18,21)(H,23,24)(H,25,26);/q;+1/p-1/t8?,10-,11?,13+,16+;/m1./s1. The minimum Gasteiger partial charge on any atom is -0.548 e. The number of rotatable bonds is 9. The molecule has 0 aromatic heterocycles. The molecular weight excluding hydrogens is 433 g/mol. The predicted molar refractivity (Wildman–Crippen MR) is 93.5 cm³/mol. The number of fused-ring (bicyclic) bond motifs is 1. The molecule has 2 rings (SSSR count). The average molecular weight is 456 g/mol. The maximum Gasteiger partial charge on any atom is 1.00 e. The van der Waals surface area contributed by atoms with Crippen LogP contribution in [0.3, 0.4) is 0 Å². The number of aliphatic carboxylic acids is 2. The second-order valence-corrected chi connectivity index (χ2v) is 8.60. The molecule has 0 bridgehead atoms. The molecule has 29 heavy (non-hydrogen) atoms. The minimum atomic E-state index is -1.47. The van der Waals surface area contributed by atoms with Gasteiger partial charge in [-0.15, -0.1) is 11.8 Å². The first-order valence-corrected chi connectivity index (χ1v) is 9.48. The van der Waals surface area contributed by atoms with Crippen LogP contribution in [0.5, 0.6) is 0 Å². The number of amides is 2. The van der Waals surface area contributed by atoms with Crippen molar-refractivity contribution in [2.45, 2.75) is 61.4 Å². The molecule has 2 heterocycles. The molecule has 0 aliphatic carbocycles. The Labute approximate surface area is 213 Å². The van der Waals surface area contributed by atoms with Crippen molar-refractivity contribution in [3.8, 4) is 0 Å². The third-order valence-electron chi connectivity index (χ3n) is 4.66. The fourth-order valence-corrected chi connectivity index (χ4v) is 4.90. The van der Waals surface area contributed by atoms with E-state index in [4.69, 9.17) is 15.6 Å².